The molecule has 1 unspecified atom stereocenters. The van der Waals surface area contributed by atoms with Crippen molar-refractivity contribution in [2.75, 3.05) is 14.2 Å². The van der Waals surface area contributed by atoms with Gasteiger partial charge in [0.15, 0.2) is 11.1 Å². The maximum Gasteiger partial charge on any atom is 0.297 e. The Hall–Kier alpha value is -1.28. The smallest absolute Gasteiger partial charge is 0.290 e. The summed E-state index contributed by atoms with van der Waals surface area (Å²) < 4.78 is 45.0. The Kier molecular flexibility index (Phi) is 4.00. The highest BCUT2D eigenvalue weighted by atomic mass is 32.2. The van der Waals surface area contributed by atoms with E-state index >= 15 is 0 Å². The maximum absolute atomic E-state index is 11.9. The fraction of sp³-hybridized carbons (Fsp3) is 0.167. The predicted molar refractivity (Wildman–Crippen MR) is 71.6 cm³/mol. The number of rotatable bonds is 4. The fourth-order valence-electron chi connectivity index (χ4n) is 1.80. The van der Waals surface area contributed by atoms with Crippen LogP contribution in [0, 0.1) is 0 Å². The van der Waals surface area contributed by atoms with Gasteiger partial charge in [0.1, 0.15) is 4.90 Å². The lowest BCUT2D eigenvalue weighted by Crippen LogP contribution is -2.05. The van der Waals surface area contributed by atoms with Crippen LogP contribution in [0.5, 0.6) is 0 Å². The molecule has 102 valence electrons. The summed E-state index contributed by atoms with van der Waals surface area (Å²) in [6.45, 7) is 0. The van der Waals surface area contributed by atoms with Crippen molar-refractivity contribution in [2.24, 2.45) is 0 Å². The van der Waals surface area contributed by atoms with Crippen molar-refractivity contribution >= 4 is 32.0 Å². The van der Waals surface area contributed by atoms with Crippen LogP contribution in [0.3, 0.4) is 0 Å². The van der Waals surface area contributed by atoms with Crippen molar-refractivity contribution in [3.8, 4) is 0 Å². The molecule has 0 bridgehead atoms. The molecule has 5 nitrogen and oxygen atoms in total. The molecule has 7 heteroatoms. The lowest BCUT2D eigenvalue weighted by Gasteiger charge is -2.09. The lowest BCUT2D eigenvalue weighted by atomic mass is 10.1. The van der Waals surface area contributed by atoms with Gasteiger partial charge in [-0.25, -0.2) is 4.21 Å². The Labute approximate surface area is 113 Å². The van der Waals surface area contributed by atoms with E-state index in [9.17, 15) is 12.6 Å². The Morgan fingerprint density at radius 2 is 1.68 bits per heavy atom. The highest BCUT2D eigenvalue weighted by molar-refractivity contribution is 7.87. The minimum absolute atomic E-state index is 0.0199. The predicted octanol–water partition coefficient (Wildman–Crippen LogP) is 1.84. The standard InChI is InChI=1S/C12H12O5S2/c1-16-18(13)10-7-3-5-9-6-4-8-11(12(9)10)19(14,15)17-2/h3-8H,1-2H3. The van der Waals surface area contributed by atoms with E-state index in [0.29, 0.717) is 15.7 Å². The van der Waals surface area contributed by atoms with Crippen molar-refractivity contribution in [3.05, 3.63) is 36.4 Å². The molecule has 0 saturated carbocycles. The van der Waals surface area contributed by atoms with Crippen LogP contribution in [-0.2, 0) is 29.6 Å². The van der Waals surface area contributed by atoms with Gasteiger partial charge in [-0.2, -0.15) is 8.42 Å². The first-order valence-electron chi connectivity index (χ1n) is 5.30. The summed E-state index contributed by atoms with van der Waals surface area (Å²) in [7, 11) is -1.50. The van der Waals surface area contributed by atoms with E-state index in [1.807, 2.05) is 0 Å². The van der Waals surface area contributed by atoms with E-state index in [2.05, 4.69) is 4.18 Å². The molecule has 0 amide bonds. The van der Waals surface area contributed by atoms with Crippen molar-refractivity contribution in [1.29, 1.82) is 0 Å². The topological polar surface area (TPSA) is 69.7 Å². The van der Waals surface area contributed by atoms with Crippen LogP contribution in [0.15, 0.2) is 46.2 Å². The Morgan fingerprint density at radius 1 is 1.05 bits per heavy atom. The van der Waals surface area contributed by atoms with E-state index in [4.69, 9.17) is 4.18 Å². The average molecular weight is 300 g/mol. The summed E-state index contributed by atoms with van der Waals surface area (Å²) in [5.41, 5.74) is 0. The van der Waals surface area contributed by atoms with Gasteiger partial charge in [-0.15, -0.1) is 0 Å². The largest absolute Gasteiger partial charge is 0.297 e. The molecule has 0 heterocycles. The number of hydrogen-bond donors (Lipinski definition) is 0. The zero-order chi connectivity index (χ0) is 14.0. The molecule has 0 aliphatic heterocycles. The van der Waals surface area contributed by atoms with Gasteiger partial charge in [0.25, 0.3) is 10.1 Å². The van der Waals surface area contributed by atoms with Crippen molar-refractivity contribution in [3.63, 3.8) is 0 Å². The van der Waals surface area contributed by atoms with E-state index in [0.717, 1.165) is 7.11 Å². The van der Waals surface area contributed by atoms with Gasteiger partial charge >= 0.3 is 0 Å². The zero-order valence-corrected chi connectivity index (χ0v) is 12.0. The molecule has 2 aromatic rings. The number of fused-ring (bicyclic) bond motifs is 1. The van der Waals surface area contributed by atoms with E-state index < -0.39 is 21.2 Å². The molecule has 0 saturated heterocycles. The monoisotopic (exact) mass is 300 g/mol. The van der Waals surface area contributed by atoms with Gasteiger partial charge in [-0.3, -0.25) is 8.37 Å². The summed E-state index contributed by atoms with van der Waals surface area (Å²) in [6, 6.07) is 9.75. The van der Waals surface area contributed by atoms with Crippen LogP contribution in [0.25, 0.3) is 10.8 Å². The summed E-state index contributed by atoms with van der Waals surface area (Å²) in [5, 5.41) is 1.01. The Morgan fingerprint density at radius 3 is 2.26 bits per heavy atom. The van der Waals surface area contributed by atoms with Crippen LogP contribution in [-0.4, -0.2) is 26.8 Å². The molecule has 2 rings (SSSR count). The SMILES string of the molecule is COS(=O)c1cccc2cccc(S(=O)(=O)OC)c12. The highest BCUT2D eigenvalue weighted by Crippen LogP contribution is 2.29. The minimum atomic E-state index is -3.88. The Balaban J connectivity index is 2.90. The zero-order valence-electron chi connectivity index (χ0n) is 10.3. The first-order chi connectivity index (χ1) is 9.01. The third-order valence-electron chi connectivity index (χ3n) is 2.65. The van der Waals surface area contributed by atoms with Crippen LogP contribution in [0.4, 0.5) is 0 Å². The highest BCUT2D eigenvalue weighted by Gasteiger charge is 2.20. The molecular formula is C12H12O5S2. The van der Waals surface area contributed by atoms with Gasteiger partial charge in [0.05, 0.1) is 19.1 Å². The summed E-state index contributed by atoms with van der Waals surface area (Å²) in [6.07, 6.45) is 0. The van der Waals surface area contributed by atoms with Gasteiger partial charge in [-0.1, -0.05) is 24.3 Å². The second-order valence-electron chi connectivity index (χ2n) is 3.63. The van der Waals surface area contributed by atoms with Crippen LogP contribution in [0.2, 0.25) is 0 Å². The summed E-state index contributed by atoms with van der Waals surface area (Å²) >= 11 is -1.73. The average Bonchev–Trinajstić information content (AvgIpc) is 2.45. The normalized spacial score (nSPS) is 13.6. The second-order valence-corrected chi connectivity index (χ2v) is 6.56. The molecular weight excluding hydrogens is 288 g/mol. The van der Waals surface area contributed by atoms with E-state index in [1.54, 1.807) is 30.3 Å². The molecule has 0 aliphatic carbocycles. The Bertz CT molecular complexity index is 732. The molecule has 0 N–H and O–H groups in total. The second kappa shape index (κ2) is 5.38. The van der Waals surface area contributed by atoms with Gasteiger partial charge in [-0.05, 0) is 17.5 Å². The van der Waals surface area contributed by atoms with Gasteiger partial charge in [0, 0.05) is 5.39 Å². The third-order valence-corrected chi connectivity index (χ3v) is 4.97. The molecule has 0 aliphatic rings. The number of benzene rings is 2. The fourth-order valence-corrected chi connectivity index (χ4v) is 3.53. The molecule has 19 heavy (non-hydrogen) atoms. The van der Waals surface area contributed by atoms with Gasteiger partial charge in [0.2, 0.25) is 0 Å². The minimum Gasteiger partial charge on any atom is -0.290 e. The molecule has 1 atom stereocenters. The van der Waals surface area contributed by atoms with Crippen molar-refractivity contribution in [1.82, 2.24) is 0 Å². The first-order valence-corrected chi connectivity index (χ1v) is 7.78. The first kappa shape index (κ1) is 14.1. The number of hydrogen-bond acceptors (Lipinski definition) is 5. The van der Waals surface area contributed by atoms with Gasteiger partial charge < -0.3 is 0 Å². The van der Waals surface area contributed by atoms with E-state index in [-0.39, 0.29) is 4.90 Å². The molecule has 0 spiro atoms. The maximum atomic E-state index is 11.9. The van der Waals surface area contributed by atoms with Crippen LogP contribution >= 0.6 is 0 Å². The molecule has 0 fully saturated rings. The summed E-state index contributed by atoms with van der Waals surface area (Å²) in [5.74, 6) is 0. The van der Waals surface area contributed by atoms with Crippen LogP contribution in [0.1, 0.15) is 0 Å². The quantitative estimate of drug-likeness (QED) is 0.806. The molecule has 0 aromatic heterocycles. The van der Waals surface area contributed by atoms with Crippen LogP contribution < -0.4 is 0 Å². The summed E-state index contributed by atoms with van der Waals surface area (Å²) in [4.78, 5) is 0.282. The van der Waals surface area contributed by atoms with E-state index in [1.165, 1.54) is 13.2 Å². The third kappa shape index (κ3) is 2.55. The molecule has 2 aromatic carbocycles. The van der Waals surface area contributed by atoms with Crippen molar-refractivity contribution in [2.45, 2.75) is 9.79 Å². The molecule has 0 radical (unpaired) electrons. The lowest BCUT2D eigenvalue weighted by molar-refractivity contribution is 0.398. The van der Waals surface area contributed by atoms with Crippen molar-refractivity contribution < 1.29 is 21.0 Å².